The molecule has 2 aliphatic heterocycles. The molecular weight excluding hydrogens is 228 g/mol. The molecule has 17 heavy (non-hydrogen) atoms. The third-order valence-corrected chi connectivity index (χ3v) is 3.12. The van der Waals surface area contributed by atoms with Crippen molar-refractivity contribution in [1.29, 1.82) is 0 Å². The Hall–Kier alpha value is -1.18. The van der Waals surface area contributed by atoms with Crippen LogP contribution in [-0.2, 0) is 9.59 Å². The summed E-state index contributed by atoms with van der Waals surface area (Å²) in [4.78, 5) is 24.3. The molecule has 2 fully saturated rings. The summed E-state index contributed by atoms with van der Waals surface area (Å²) >= 11 is 0. The van der Waals surface area contributed by atoms with Gasteiger partial charge in [-0.1, -0.05) is 0 Å². The fourth-order valence-electron chi connectivity index (χ4n) is 2.31. The molecule has 0 aromatic heterocycles. The number of nitrogens with one attached hydrogen (secondary N) is 1. The molecule has 2 aliphatic rings. The number of hydrogen-bond acceptors (Lipinski definition) is 4. The number of hydrogen-bond donors (Lipinski definition) is 3. The van der Waals surface area contributed by atoms with Crippen LogP contribution >= 0.6 is 0 Å². The Balaban J connectivity index is 0.00000162. The van der Waals surface area contributed by atoms with Gasteiger partial charge in [-0.25, -0.2) is 4.79 Å². The molecule has 5 N–H and O–H groups in total. The van der Waals surface area contributed by atoms with Crippen molar-refractivity contribution in [3.63, 3.8) is 0 Å². The number of likely N-dealkylation sites (tertiary alicyclic amines) is 1. The molecule has 1 amide bonds. The normalized spacial score (nSPS) is 34.3. The van der Waals surface area contributed by atoms with Gasteiger partial charge in [0.25, 0.3) is 0 Å². The van der Waals surface area contributed by atoms with Crippen LogP contribution in [0.5, 0.6) is 0 Å². The van der Waals surface area contributed by atoms with Crippen molar-refractivity contribution < 1.29 is 26.7 Å². The molecule has 0 aliphatic carbocycles. The molecule has 0 bridgehead atoms. The number of aliphatic carboxylic acids is 1. The van der Waals surface area contributed by atoms with Gasteiger partial charge >= 0.3 is 5.97 Å². The number of aliphatic hydroxyl groups is 1. The molecule has 2 rings (SSSR count). The van der Waals surface area contributed by atoms with Crippen LogP contribution in [0.3, 0.4) is 0 Å². The maximum atomic E-state index is 12.1. The van der Waals surface area contributed by atoms with E-state index in [4.69, 9.17) is 6.52 Å². The lowest BCUT2D eigenvalue weighted by atomic mass is 10.1. The number of carboxylic acids is 1. The van der Waals surface area contributed by atoms with Crippen LogP contribution in [0.4, 0.5) is 0 Å². The number of β-amino-alcohol motifs (C(OH)–C–C–N with tert-alkyl or cyclic N) is 1. The Kier molecular flexibility index (Phi) is 3.93. The van der Waals surface area contributed by atoms with Crippen LogP contribution in [0, 0.1) is 0 Å². The largest absolute Gasteiger partial charge is 0.480 e. The molecule has 0 saturated carbocycles. The fraction of sp³-hybridized carbons (Fsp3) is 0.800. The van der Waals surface area contributed by atoms with E-state index in [-0.39, 0.29) is 24.3 Å². The molecule has 0 aromatic carbocycles. The fourth-order valence-corrected chi connectivity index (χ4v) is 2.31. The molecule has 0 spiro atoms. The second-order valence-corrected chi connectivity index (χ2v) is 4.30. The molecule has 98 valence electrons. The summed E-state index contributed by atoms with van der Waals surface area (Å²) in [5, 5.41) is 19.7. The van der Waals surface area contributed by atoms with Crippen LogP contribution in [0.25, 0.3) is 0 Å². The number of aliphatic hydroxyl groups excluding tert-OH is 1. The number of rotatable bonds is 2. The molecule has 0 radical (unpaired) electrons. The SMILES string of the molecule is O.[2H]N1CCC[C@@H]1C(=O)N1C[C@H](O)C[C@H]1C(=O)O. The molecule has 0 aromatic rings. The minimum atomic E-state index is -1.09. The first-order valence-electron chi connectivity index (χ1n) is 5.92. The van der Waals surface area contributed by atoms with Crippen LogP contribution in [0.1, 0.15) is 19.3 Å². The smallest absolute Gasteiger partial charge is 0.326 e. The van der Waals surface area contributed by atoms with Gasteiger partial charge < -0.3 is 25.9 Å². The predicted molar refractivity (Wildman–Crippen MR) is 58.4 cm³/mol. The predicted octanol–water partition coefficient (Wildman–Crippen LogP) is -2.04. The third-order valence-electron chi connectivity index (χ3n) is 3.12. The summed E-state index contributed by atoms with van der Waals surface area (Å²) in [6.07, 6.45) is 0.654. The lowest BCUT2D eigenvalue weighted by Gasteiger charge is -2.24. The zero-order chi connectivity index (χ0) is 12.6. The molecular formula is C10H18N2O5. The first kappa shape index (κ1) is 12.3. The molecule has 7 heteroatoms. The summed E-state index contributed by atoms with van der Waals surface area (Å²) in [5.74, 6) is -1.44. The second-order valence-electron chi connectivity index (χ2n) is 4.30. The van der Waals surface area contributed by atoms with E-state index in [1.807, 2.05) is 0 Å². The molecule has 7 nitrogen and oxygen atoms in total. The quantitative estimate of drug-likeness (QED) is 0.519. The van der Waals surface area contributed by atoms with E-state index in [0.717, 1.165) is 6.42 Å². The Labute approximate surface area is 100 Å². The van der Waals surface area contributed by atoms with Gasteiger partial charge in [-0.3, -0.25) is 4.79 Å². The van der Waals surface area contributed by atoms with Gasteiger partial charge in [-0.05, 0) is 19.4 Å². The van der Waals surface area contributed by atoms with Crippen LogP contribution in [-0.4, -0.2) is 63.7 Å². The van der Waals surface area contributed by atoms with E-state index in [1.54, 1.807) is 0 Å². The maximum absolute atomic E-state index is 12.1. The van der Waals surface area contributed by atoms with Crippen molar-refractivity contribution >= 4 is 11.9 Å². The summed E-state index contributed by atoms with van der Waals surface area (Å²) in [5.41, 5.74) is 0. The van der Waals surface area contributed by atoms with Crippen molar-refractivity contribution in [2.24, 2.45) is 0 Å². The summed E-state index contributed by atoms with van der Waals surface area (Å²) in [6, 6.07) is -1.51. The van der Waals surface area contributed by atoms with E-state index in [2.05, 4.69) is 0 Å². The number of carboxylic acid groups (broad SMARTS) is 1. The Morgan fingerprint density at radius 3 is 2.71 bits per heavy atom. The second kappa shape index (κ2) is 5.44. The summed E-state index contributed by atoms with van der Waals surface area (Å²) in [6.45, 7) is 0.588. The first-order valence-corrected chi connectivity index (χ1v) is 5.47. The average molecular weight is 247 g/mol. The number of amides is 1. The Morgan fingerprint density at radius 2 is 2.18 bits per heavy atom. The third kappa shape index (κ3) is 2.74. The lowest BCUT2D eigenvalue weighted by molar-refractivity contribution is -0.148. The summed E-state index contributed by atoms with van der Waals surface area (Å²) in [7, 11) is 0. The van der Waals surface area contributed by atoms with E-state index >= 15 is 0 Å². The molecule has 2 heterocycles. The highest BCUT2D eigenvalue weighted by molar-refractivity contribution is 5.87. The Morgan fingerprint density at radius 1 is 1.47 bits per heavy atom. The lowest BCUT2D eigenvalue weighted by Crippen LogP contribution is -2.48. The highest BCUT2D eigenvalue weighted by Gasteiger charge is 2.41. The Bertz CT molecular complexity index is 340. The zero-order valence-corrected chi connectivity index (χ0v) is 9.37. The van der Waals surface area contributed by atoms with Crippen molar-refractivity contribution in [3.05, 3.63) is 0 Å². The number of carbonyl (C=O) groups is 2. The van der Waals surface area contributed by atoms with Crippen LogP contribution < -0.4 is 5.31 Å². The van der Waals surface area contributed by atoms with E-state index in [1.165, 1.54) is 10.2 Å². The summed E-state index contributed by atoms with van der Waals surface area (Å²) < 4.78 is 7.58. The van der Waals surface area contributed by atoms with Crippen molar-refractivity contribution in [3.8, 4) is 0 Å². The van der Waals surface area contributed by atoms with Gasteiger partial charge in [0.15, 0.2) is 0 Å². The van der Waals surface area contributed by atoms with Crippen LogP contribution in [0.2, 0.25) is 1.41 Å². The average Bonchev–Trinajstić information content (AvgIpc) is 2.83. The van der Waals surface area contributed by atoms with Crippen molar-refractivity contribution in [1.82, 2.24) is 10.2 Å². The highest BCUT2D eigenvalue weighted by atomic mass is 16.4. The van der Waals surface area contributed by atoms with E-state index in [9.17, 15) is 14.7 Å². The molecule has 0 unspecified atom stereocenters. The molecule has 3 atom stereocenters. The van der Waals surface area contributed by atoms with Crippen molar-refractivity contribution in [2.45, 2.75) is 37.5 Å². The van der Waals surface area contributed by atoms with Gasteiger partial charge in [-0.2, -0.15) is 0 Å². The number of carbonyl (C=O) groups excluding carboxylic acids is 1. The van der Waals surface area contributed by atoms with Gasteiger partial charge in [0.05, 0.1) is 12.1 Å². The minimum absolute atomic E-state index is 0. The van der Waals surface area contributed by atoms with E-state index < -0.39 is 24.2 Å². The van der Waals surface area contributed by atoms with Gasteiger partial charge in [0.1, 0.15) is 7.45 Å². The van der Waals surface area contributed by atoms with E-state index in [0.29, 0.717) is 13.0 Å². The minimum Gasteiger partial charge on any atom is -0.480 e. The topological polar surface area (TPSA) is 121 Å². The highest BCUT2D eigenvalue weighted by Crippen LogP contribution is 2.21. The maximum Gasteiger partial charge on any atom is 0.326 e. The zero-order valence-electron chi connectivity index (χ0n) is 10.4. The van der Waals surface area contributed by atoms with Gasteiger partial charge in [0.2, 0.25) is 5.91 Å². The standard InChI is InChI=1S/C10H16N2O4.H2O/c13-6-4-8(10(15)16)12(5-6)9(14)7-2-1-3-11-7;/h6-8,11,13H,1-5H2,(H,15,16);1H2/t6-,7-,8+;/m1./s1/i/hD. The first-order chi connectivity index (χ1) is 8.00. The van der Waals surface area contributed by atoms with Gasteiger partial charge in [-0.15, -0.1) is 0 Å². The van der Waals surface area contributed by atoms with Gasteiger partial charge in [0, 0.05) is 13.0 Å². The molecule has 2 saturated heterocycles. The van der Waals surface area contributed by atoms with Crippen LogP contribution in [0.15, 0.2) is 0 Å². The van der Waals surface area contributed by atoms with Crippen molar-refractivity contribution in [2.75, 3.05) is 13.1 Å². The monoisotopic (exact) mass is 247 g/mol. The number of nitrogens with zero attached hydrogens (tertiary/aromatic N) is 1.